The molecule has 0 aliphatic heterocycles. The van der Waals surface area contributed by atoms with Gasteiger partial charge in [-0.2, -0.15) is 0 Å². The molecule has 0 heterocycles. The van der Waals surface area contributed by atoms with Crippen molar-refractivity contribution in [1.82, 2.24) is 5.32 Å². The summed E-state index contributed by atoms with van der Waals surface area (Å²) in [4.78, 5) is 23.6. The van der Waals surface area contributed by atoms with Gasteiger partial charge in [0.2, 0.25) is 5.91 Å². The number of carbonyl (C=O) groups is 2. The minimum atomic E-state index is -0.162. The summed E-state index contributed by atoms with van der Waals surface area (Å²) >= 11 is 0. The number of unbranched alkanes of at least 4 members (excludes halogenated alkanes) is 17. The second-order valence-electron chi connectivity index (χ2n) is 9.43. The van der Waals surface area contributed by atoms with E-state index in [0.717, 1.165) is 25.8 Å². The first-order valence-corrected chi connectivity index (χ1v) is 14.1. The molecular formula is C28H55NO3. The maximum Gasteiger partial charge on any atom is 0.305 e. The third kappa shape index (κ3) is 25.2. The van der Waals surface area contributed by atoms with E-state index < -0.39 is 0 Å². The number of hydrogen-bond donors (Lipinski definition) is 1. The first-order chi connectivity index (χ1) is 15.7. The van der Waals surface area contributed by atoms with E-state index >= 15 is 0 Å². The lowest BCUT2D eigenvalue weighted by Gasteiger charge is -2.06. The van der Waals surface area contributed by atoms with E-state index in [1.54, 1.807) is 0 Å². The average molecular weight is 454 g/mol. The van der Waals surface area contributed by atoms with Crippen LogP contribution in [-0.2, 0) is 14.3 Å². The lowest BCUT2D eigenvalue weighted by molar-refractivity contribution is -0.143. The van der Waals surface area contributed by atoms with E-state index in [0.29, 0.717) is 25.9 Å². The quantitative estimate of drug-likeness (QED) is 0.112. The van der Waals surface area contributed by atoms with Crippen LogP contribution >= 0.6 is 0 Å². The summed E-state index contributed by atoms with van der Waals surface area (Å²) in [5, 5.41) is 2.98. The van der Waals surface area contributed by atoms with Gasteiger partial charge in [-0.3, -0.25) is 9.59 Å². The van der Waals surface area contributed by atoms with E-state index in [-0.39, 0.29) is 11.9 Å². The Hall–Kier alpha value is -1.06. The number of amides is 1. The molecule has 0 unspecified atom stereocenters. The van der Waals surface area contributed by atoms with Crippen LogP contribution in [0.5, 0.6) is 0 Å². The molecule has 4 nitrogen and oxygen atoms in total. The number of rotatable bonds is 25. The predicted octanol–water partition coefficient (Wildman–Crippen LogP) is 8.27. The number of hydrogen-bond acceptors (Lipinski definition) is 3. The Morgan fingerprint density at radius 3 is 1.47 bits per heavy atom. The van der Waals surface area contributed by atoms with Crippen LogP contribution in [0.25, 0.3) is 0 Å². The Morgan fingerprint density at radius 1 is 0.531 bits per heavy atom. The Balaban J connectivity index is 3.28. The van der Waals surface area contributed by atoms with Gasteiger partial charge in [0, 0.05) is 19.4 Å². The highest BCUT2D eigenvalue weighted by Gasteiger charge is 2.06. The van der Waals surface area contributed by atoms with Crippen LogP contribution in [0.3, 0.4) is 0 Å². The monoisotopic (exact) mass is 453 g/mol. The van der Waals surface area contributed by atoms with Crippen molar-refractivity contribution < 1.29 is 14.3 Å². The molecule has 0 radical (unpaired) electrons. The first kappa shape index (κ1) is 30.9. The zero-order chi connectivity index (χ0) is 23.5. The Morgan fingerprint density at radius 2 is 0.969 bits per heavy atom. The fraction of sp³-hybridized carbons (Fsp3) is 0.929. The second kappa shape index (κ2) is 26.2. The van der Waals surface area contributed by atoms with Crippen molar-refractivity contribution in [3.8, 4) is 0 Å². The van der Waals surface area contributed by atoms with Crippen LogP contribution in [0, 0.1) is 0 Å². The summed E-state index contributed by atoms with van der Waals surface area (Å²) in [7, 11) is 0. The standard InChI is InChI=1S/C28H55NO3/c1-3-5-7-9-11-12-13-14-15-16-18-20-25-29-27(30)23-22-24-28(31)32-26-21-19-17-10-8-6-4-2/h3-26H2,1-2H3,(H,29,30). The van der Waals surface area contributed by atoms with Gasteiger partial charge in [-0.05, 0) is 19.3 Å². The van der Waals surface area contributed by atoms with Crippen molar-refractivity contribution in [2.24, 2.45) is 0 Å². The lowest BCUT2D eigenvalue weighted by Crippen LogP contribution is -2.24. The fourth-order valence-corrected chi connectivity index (χ4v) is 3.99. The van der Waals surface area contributed by atoms with E-state index in [4.69, 9.17) is 4.74 Å². The fourth-order valence-electron chi connectivity index (χ4n) is 3.99. The third-order valence-electron chi connectivity index (χ3n) is 6.15. The normalized spacial score (nSPS) is 10.9. The van der Waals surface area contributed by atoms with Crippen LogP contribution in [0.4, 0.5) is 0 Å². The number of nitrogens with one attached hydrogen (secondary N) is 1. The highest BCUT2D eigenvalue weighted by atomic mass is 16.5. The zero-order valence-electron chi connectivity index (χ0n) is 21.7. The molecule has 0 saturated heterocycles. The molecule has 0 spiro atoms. The van der Waals surface area contributed by atoms with Crippen molar-refractivity contribution in [3.63, 3.8) is 0 Å². The largest absolute Gasteiger partial charge is 0.466 e. The minimum Gasteiger partial charge on any atom is -0.466 e. The molecule has 0 saturated carbocycles. The summed E-state index contributed by atoms with van der Waals surface area (Å²) in [6, 6.07) is 0. The summed E-state index contributed by atoms with van der Waals surface area (Å²) in [5.74, 6) is -0.0994. The summed E-state index contributed by atoms with van der Waals surface area (Å²) in [6.07, 6.45) is 25.8. The van der Waals surface area contributed by atoms with Crippen molar-refractivity contribution in [1.29, 1.82) is 0 Å². The van der Waals surface area contributed by atoms with Crippen LogP contribution < -0.4 is 5.32 Å². The van der Waals surface area contributed by atoms with Gasteiger partial charge in [-0.1, -0.05) is 123 Å². The number of ether oxygens (including phenoxy) is 1. The van der Waals surface area contributed by atoms with Gasteiger partial charge in [-0.15, -0.1) is 0 Å². The molecule has 0 rings (SSSR count). The van der Waals surface area contributed by atoms with Gasteiger partial charge in [0.05, 0.1) is 6.61 Å². The molecule has 0 aliphatic rings. The van der Waals surface area contributed by atoms with Gasteiger partial charge in [-0.25, -0.2) is 0 Å². The highest BCUT2D eigenvalue weighted by molar-refractivity contribution is 5.76. The molecule has 4 heteroatoms. The van der Waals surface area contributed by atoms with Crippen LogP contribution in [-0.4, -0.2) is 25.0 Å². The molecule has 0 bridgehead atoms. The first-order valence-electron chi connectivity index (χ1n) is 14.1. The summed E-state index contributed by atoms with van der Waals surface area (Å²) in [6.45, 7) is 5.78. The molecule has 0 aromatic rings. The van der Waals surface area contributed by atoms with Gasteiger partial charge in [0.1, 0.15) is 0 Å². The van der Waals surface area contributed by atoms with Crippen molar-refractivity contribution in [2.75, 3.05) is 13.2 Å². The van der Waals surface area contributed by atoms with E-state index in [2.05, 4.69) is 19.2 Å². The highest BCUT2D eigenvalue weighted by Crippen LogP contribution is 2.12. The van der Waals surface area contributed by atoms with E-state index in [1.165, 1.54) is 103 Å². The molecule has 1 N–H and O–H groups in total. The SMILES string of the molecule is CCCCCCCCCCCCCCNC(=O)CCCC(=O)OCCCCCCCCC. The molecule has 190 valence electrons. The second-order valence-corrected chi connectivity index (χ2v) is 9.43. The molecule has 1 amide bonds. The van der Waals surface area contributed by atoms with E-state index in [9.17, 15) is 9.59 Å². The molecular weight excluding hydrogens is 398 g/mol. The Labute approximate surface area is 200 Å². The Bertz CT molecular complexity index is 411. The van der Waals surface area contributed by atoms with Gasteiger partial charge in [0.15, 0.2) is 0 Å². The lowest BCUT2D eigenvalue weighted by atomic mass is 10.1. The number of esters is 1. The summed E-state index contributed by atoms with van der Waals surface area (Å²) in [5.41, 5.74) is 0. The zero-order valence-corrected chi connectivity index (χ0v) is 21.7. The van der Waals surface area contributed by atoms with Crippen molar-refractivity contribution >= 4 is 11.9 Å². The smallest absolute Gasteiger partial charge is 0.305 e. The van der Waals surface area contributed by atoms with Gasteiger partial charge in [0.25, 0.3) is 0 Å². The van der Waals surface area contributed by atoms with E-state index in [1.807, 2.05) is 0 Å². The molecule has 32 heavy (non-hydrogen) atoms. The third-order valence-corrected chi connectivity index (χ3v) is 6.15. The van der Waals surface area contributed by atoms with Crippen LogP contribution in [0.15, 0.2) is 0 Å². The van der Waals surface area contributed by atoms with Crippen molar-refractivity contribution in [2.45, 2.75) is 155 Å². The van der Waals surface area contributed by atoms with Crippen LogP contribution in [0.2, 0.25) is 0 Å². The maximum atomic E-state index is 11.9. The average Bonchev–Trinajstić information content (AvgIpc) is 2.78. The predicted molar refractivity (Wildman–Crippen MR) is 137 cm³/mol. The molecule has 0 fully saturated rings. The summed E-state index contributed by atoms with van der Waals surface area (Å²) < 4.78 is 5.26. The molecule has 0 atom stereocenters. The Kier molecular flexibility index (Phi) is 25.3. The van der Waals surface area contributed by atoms with Crippen molar-refractivity contribution in [3.05, 3.63) is 0 Å². The number of carbonyl (C=O) groups excluding carboxylic acids is 2. The van der Waals surface area contributed by atoms with Gasteiger partial charge < -0.3 is 10.1 Å². The molecule has 0 aliphatic carbocycles. The molecule has 0 aromatic carbocycles. The topological polar surface area (TPSA) is 55.4 Å². The maximum absolute atomic E-state index is 11.9. The molecule has 0 aromatic heterocycles. The van der Waals surface area contributed by atoms with Gasteiger partial charge >= 0.3 is 5.97 Å². The minimum absolute atomic E-state index is 0.0629. The van der Waals surface area contributed by atoms with Crippen LogP contribution in [0.1, 0.15) is 155 Å².